The fourth-order valence-corrected chi connectivity index (χ4v) is 1.54. The zero-order valence-corrected chi connectivity index (χ0v) is 11.6. The van der Waals surface area contributed by atoms with Crippen LogP contribution in [-0.4, -0.2) is 18.0 Å². The van der Waals surface area contributed by atoms with Crippen molar-refractivity contribution in [1.82, 2.24) is 5.32 Å². The Morgan fingerprint density at radius 1 is 1.32 bits per heavy atom. The summed E-state index contributed by atoms with van der Waals surface area (Å²) in [5.41, 5.74) is 8.65. The molecule has 1 aromatic rings. The molecule has 0 aromatic heterocycles. The van der Waals surface area contributed by atoms with Gasteiger partial charge in [-0.2, -0.15) is 0 Å². The molecule has 0 radical (unpaired) electrons. The van der Waals surface area contributed by atoms with Crippen LogP contribution < -0.4 is 11.1 Å². The van der Waals surface area contributed by atoms with E-state index in [-0.39, 0.29) is 0 Å². The Balaban J connectivity index is 2.83. The first-order valence-corrected chi connectivity index (χ1v) is 6.06. The van der Waals surface area contributed by atoms with E-state index < -0.39 is 6.10 Å². The highest BCUT2D eigenvalue weighted by molar-refractivity contribution is 5.99. The highest BCUT2D eigenvalue weighted by Gasteiger charge is 2.14. The number of aliphatic hydroxyl groups excluding tert-OH is 1. The van der Waals surface area contributed by atoms with Crippen LogP contribution in [0.4, 0.5) is 0 Å². The quantitative estimate of drug-likeness (QED) is 0.573. The standard InChI is InChI=1S/C15H21N3O/c1-10(2)13(16)15(17-4)18-11(3)14(19)12-8-6-5-7-9-12/h5-9,14,19H,3,16H2,1-2,4H3,(H,17,18). The van der Waals surface area contributed by atoms with Gasteiger partial charge in [-0.05, 0) is 25.0 Å². The molecule has 4 nitrogen and oxygen atoms in total. The fourth-order valence-electron chi connectivity index (χ4n) is 1.54. The van der Waals surface area contributed by atoms with Gasteiger partial charge in [0.05, 0.1) is 5.70 Å². The summed E-state index contributed by atoms with van der Waals surface area (Å²) in [7, 11) is 1.64. The van der Waals surface area contributed by atoms with Gasteiger partial charge in [-0.25, -0.2) is 0 Å². The smallest absolute Gasteiger partial charge is 0.148 e. The van der Waals surface area contributed by atoms with E-state index in [1.54, 1.807) is 7.05 Å². The van der Waals surface area contributed by atoms with Crippen molar-refractivity contribution in [2.45, 2.75) is 20.0 Å². The maximum Gasteiger partial charge on any atom is 0.148 e. The van der Waals surface area contributed by atoms with Crippen LogP contribution >= 0.6 is 0 Å². The van der Waals surface area contributed by atoms with Gasteiger partial charge in [-0.1, -0.05) is 36.9 Å². The Morgan fingerprint density at radius 2 is 1.89 bits per heavy atom. The second kappa shape index (κ2) is 6.75. The molecule has 0 spiro atoms. The minimum absolute atomic E-state index is 0.441. The van der Waals surface area contributed by atoms with Crippen LogP contribution in [0.3, 0.4) is 0 Å². The molecule has 0 fully saturated rings. The molecule has 4 N–H and O–H groups in total. The van der Waals surface area contributed by atoms with Crippen molar-refractivity contribution in [3.8, 4) is 0 Å². The van der Waals surface area contributed by atoms with Gasteiger partial charge in [-0.15, -0.1) is 0 Å². The lowest BCUT2D eigenvalue weighted by atomic mass is 10.1. The number of nitrogens with zero attached hydrogens (tertiary/aromatic N) is 1. The number of allylic oxidation sites excluding steroid dienone is 1. The van der Waals surface area contributed by atoms with Gasteiger partial charge in [-0.3, -0.25) is 4.99 Å². The normalized spacial score (nSPS) is 12.7. The summed E-state index contributed by atoms with van der Waals surface area (Å²) in [6.07, 6.45) is -0.803. The summed E-state index contributed by atoms with van der Waals surface area (Å²) in [6.45, 7) is 7.64. The van der Waals surface area contributed by atoms with Gasteiger partial charge in [0, 0.05) is 12.7 Å². The molecular weight excluding hydrogens is 238 g/mol. The molecule has 1 rings (SSSR count). The van der Waals surface area contributed by atoms with Crippen LogP contribution in [0.5, 0.6) is 0 Å². The van der Waals surface area contributed by atoms with E-state index in [1.807, 2.05) is 44.2 Å². The van der Waals surface area contributed by atoms with E-state index in [0.29, 0.717) is 17.2 Å². The number of nitrogens with two attached hydrogens (primary N) is 1. The maximum absolute atomic E-state index is 10.2. The van der Waals surface area contributed by atoms with Gasteiger partial charge in [0.25, 0.3) is 0 Å². The van der Waals surface area contributed by atoms with Crippen LogP contribution in [0.1, 0.15) is 25.5 Å². The van der Waals surface area contributed by atoms with Crippen molar-refractivity contribution in [1.29, 1.82) is 0 Å². The molecule has 0 aliphatic carbocycles. The molecule has 1 aromatic carbocycles. The summed E-state index contributed by atoms with van der Waals surface area (Å²) in [5.74, 6) is 0.514. The largest absolute Gasteiger partial charge is 0.396 e. The predicted molar refractivity (Wildman–Crippen MR) is 79.6 cm³/mol. The number of benzene rings is 1. The van der Waals surface area contributed by atoms with E-state index in [9.17, 15) is 5.11 Å². The lowest BCUT2D eigenvalue weighted by molar-refractivity contribution is 0.211. The Labute approximate surface area is 114 Å². The molecule has 19 heavy (non-hydrogen) atoms. The van der Waals surface area contributed by atoms with Gasteiger partial charge in [0.15, 0.2) is 0 Å². The average molecular weight is 259 g/mol. The zero-order chi connectivity index (χ0) is 14.4. The van der Waals surface area contributed by atoms with E-state index >= 15 is 0 Å². The first kappa shape index (κ1) is 15.0. The molecule has 1 unspecified atom stereocenters. The van der Waals surface area contributed by atoms with Gasteiger partial charge < -0.3 is 16.2 Å². The number of rotatable bonds is 4. The van der Waals surface area contributed by atoms with Crippen molar-refractivity contribution in [3.63, 3.8) is 0 Å². The van der Waals surface area contributed by atoms with E-state index in [1.165, 1.54) is 0 Å². The van der Waals surface area contributed by atoms with Crippen molar-refractivity contribution < 1.29 is 5.11 Å². The Hall–Kier alpha value is -2.07. The van der Waals surface area contributed by atoms with Crippen molar-refractivity contribution in [3.05, 3.63) is 59.4 Å². The molecule has 0 amide bonds. The molecule has 1 atom stereocenters. The Bertz CT molecular complexity index is 499. The summed E-state index contributed by atoms with van der Waals surface area (Å²) >= 11 is 0. The van der Waals surface area contributed by atoms with Gasteiger partial charge in [0.2, 0.25) is 0 Å². The van der Waals surface area contributed by atoms with Crippen LogP contribution in [0.2, 0.25) is 0 Å². The summed E-state index contributed by atoms with van der Waals surface area (Å²) in [5, 5.41) is 13.1. The third-order valence-electron chi connectivity index (χ3n) is 2.74. The van der Waals surface area contributed by atoms with Crippen molar-refractivity contribution >= 4 is 5.84 Å². The highest BCUT2D eigenvalue weighted by Crippen LogP contribution is 2.18. The predicted octanol–water partition coefficient (Wildman–Crippen LogP) is 2.10. The fraction of sp³-hybridized carbons (Fsp3) is 0.267. The third-order valence-corrected chi connectivity index (χ3v) is 2.74. The number of hydrogen-bond acceptors (Lipinski definition) is 3. The maximum atomic E-state index is 10.2. The average Bonchev–Trinajstić information content (AvgIpc) is 2.43. The molecule has 0 saturated carbocycles. The van der Waals surface area contributed by atoms with E-state index in [0.717, 1.165) is 11.1 Å². The van der Waals surface area contributed by atoms with Gasteiger partial charge >= 0.3 is 0 Å². The first-order chi connectivity index (χ1) is 8.97. The minimum atomic E-state index is -0.803. The third kappa shape index (κ3) is 3.96. The highest BCUT2D eigenvalue weighted by atomic mass is 16.3. The zero-order valence-electron chi connectivity index (χ0n) is 11.6. The van der Waals surface area contributed by atoms with Gasteiger partial charge in [0.1, 0.15) is 11.9 Å². The van der Waals surface area contributed by atoms with Crippen LogP contribution in [0.15, 0.2) is 58.9 Å². The topological polar surface area (TPSA) is 70.6 Å². The van der Waals surface area contributed by atoms with E-state index in [2.05, 4.69) is 16.9 Å². The second-order valence-electron chi connectivity index (χ2n) is 4.45. The first-order valence-electron chi connectivity index (χ1n) is 6.06. The van der Waals surface area contributed by atoms with E-state index in [4.69, 9.17) is 5.73 Å². The molecule has 0 saturated heterocycles. The monoisotopic (exact) mass is 259 g/mol. The molecular formula is C15H21N3O. The van der Waals surface area contributed by atoms with Crippen LogP contribution in [0.25, 0.3) is 0 Å². The molecule has 0 aliphatic rings. The molecule has 0 bridgehead atoms. The Morgan fingerprint density at radius 3 is 2.37 bits per heavy atom. The number of hydrogen-bond donors (Lipinski definition) is 3. The Kier molecular flexibility index (Phi) is 5.33. The van der Waals surface area contributed by atoms with Crippen molar-refractivity contribution in [2.24, 2.45) is 10.7 Å². The minimum Gasteiger partial charge on any atom is -0.396 e. The summed E-state index contributed by atoms with van der Waals surface area (Å²) in [4.78, 5) is 4.08. The SMILES string of the molecule is C=C(NC(=NC)C(N)=C(C)C)C(O)c1ccccc1. The lowest BCUT2D eigenvalue weighted by Gasteiger charge is -2.18. The van der Waals surface area contributed by atoms with Crippen molar-refractivity contribution in [2.75, 3.05) is 7.05 Å². The summed E-state index contributed by atoms with van der Waals surface area (Å²) < 4.78 is 0. The summed E-state index contributed by atoms with van der Waals surface area (Å²) in [6, 6.07) is 9.30. The van der Waals surface area contributed by atoms with Crippen LogP contribution in [-0.2, 0) is 0 Å². The number of aliphatic hydroxyl groups is 1. The molecule has 0 aliphatic heterocycles. The number of amidine groups is 1. The van der Waals surface area contributed by atoms with Crippen LogP contribution in [0, 0.1) is 0 Å². The molecule has 4 heteroatoms. The second-order valence-corrected chi connectivity index (χ2v) is 4.45. The molecule has 0 heterocycles. The number of aliphatic imine (C=N–C) groups is 1. The number of nitrogens with one attached hydrogen (secondary N) is 1. The lowest BCUT2D eigenvalue weighted by Crippen LogP contribution is -2.31. The molecule has 102 valence electrons.